The number of halogens is 3. The second-order valence-corrected chi connectivity index (χ2v) is 12.4. The van der Waals surface area contributed by atoms with Gasteiger partial charge in [0.15, 0.2) is 6.29 Å². The number of phenolic OH excluding ortho intramolecular Hbond substituents is 1. The highest BCUT2D eigenvalue weighted by atomic mass is 19.4. The van der Waals surface area contributed by atoms with E-state index in [-0.39, 0.29) is 43.9 Å². The van der Waals surface area contributed by atoms with Gasteiger partial charge in [0.25, 0.3) is 0 Å². The summed E-state index contributed by atoms with van der Waals surface area (Å²) < 4.78 is 52.1. The van der Waals surface area contributed by atoms with E-state index in [1.807, 2.05) is 43.1 Å². The number of nitrogens with one attached hydrogen (secondary N) is 1. The first-order valence-corrected chi connectivity index (χ1v) is 15.8. The lowest BCUT2D eigenvalue weighted by atomic mass is 9.90. The fraction of sp³-hybridized carbons (Fsp3) is 0.429. The second kappa shape index (κ2) is 15.0. The Kier molecular flexibility index (Phi) is 11.1. The van der Waals surface area contributed by atoms with Crippen LogP contribution < -0.4 is 5.32 Å². The van der Waals surface area contributed by atoms with Crippen LogP contribution in [0.3, 0.4) is 0 Å². The van der Waals surface area contributed by atoms with Crippen LogP contribution >= 0.6 is 0 Å². The number of likely N-dealkylation sites (tertiary alicyclic amines) is 1. The van der Waals surface area contributed by atoms with Gasteiger partial charge in [0.05, 0.1) is 24.9 Å². The molecule has 48 heavy (non-hydrogen) atoms. The van der Waals surface area contributed by atoms with Gasteiger partial charge < -0.3 is 39.9 Å². The van der Waals surface area contributed by atoms with E-state index in [9.17, 15) is 38.1 Å². The van der Waals surface area contributed by atoms with Crippen molar-refractivity contribution in [1.29, 1.82) is 0 Å². The quantitative estimate of drug-likeness (QED) is 0.241. The van der Waals surface area contributed by atoms with Gasteiger partial charge in [-0.05, 0) is 60.8 Å². The molecular formula is C35H40F3N3O7. The Hall–Kier alpha value is -4.01. The predicted octanol–water partition coefficient (Wildman–Crippen LogP) is 4.83. The number of likely N-dealkylation sites (N-methyl/N-ethyl adjacent to an activating group) is 1. The van der Waals surface area contributed by atoms with E-state index < -0.39 is 42.5 Å². The molecule has 2 amide bonds. The van der Waals surface area contributed by atoms with Gasteiger partial charge in [-0.3, -0.25) is 9.59 Å². The number of aliphatic hydroxyl groups is 2. The number of amides is 2. The van der Waals surface area contributed by atoms with Crippen molar-refractivity contribution in [2.75, 3.05) is 32.0 Å². The lowest BCUT2D eigenvalue weighted by Gasteiger charge is -2.42. The maximum absolute atomic E-state index is 13.0. The van der Waals surface area contributed by atoms with E-state index in [0.717, 1.165) is 11.1 Å². The first kappa shape index (κ1) is 35.3. The van der Waals surface area contributed by atoms with Crippen molar-refractivity contribution in [2.45, 2.75) is 63.2 Å². The molecule has 13 heteroatoms. The fourth-order valence-corrected chi connectivity index (χ4v) is 6.24. The van der Waals surface area contributed by atoms with Gasteiger partial charge in [-0.15, -0.1) is 0 Å². The van der Waals surface area contributed by atoms with Crippen LogP contribution in [0.5, 0.6) is 5.75 Å². The lowest BCUT2D eigenvalue weighted by molar-refractivity contribution is -0.276. The summed E-state index contributed by atoms with van der Waals surface area (Å²) in [7, 11) is 1.86. The molecule has 2 aliphatic rings. The average molecular weight is 672 g/mol. The van der Waals surface area contributed by atoms with E-state index in [2.05, 4.69) is 5.32 Å². The Morgan fingerprint density at radius 1 is 1.04 bits per heavy atom. The molecule has 2 saturated heterocycles. The van der Waals surface area contributed by atoms with Crippen molar-refractivity contribution >= 4 is 17.5 Å². The molecule has 2 heterocycles. The molecule has 10 nitrogen and oxygen atoms in total. The highest BCUT2D eigenvalue weighted by Crippen LogP contribution is 2.42. The number of carbonyl (C=O) groups is 2. The zero-order valence-electron chi connectivity index (χ0n) is 26.6. The third kappa shape index (κ3) is 8.34. The normalized spacial score (nSPS) is 23.7. The first-order valence-electron chi connectivity index (χ1n) is 15.8. The molecule has 0 unspecified atom stereocenters. The number of alkyl halides is 3. The van der Waals surface area contributed by atoms with Gasteiger partial charge in [0, 0.05) is 36.8 Å². The molecule has 0 radical (unpaired) electrons. The lowest BCUT2D eigenvalue weighted by Crippen LogP contribution is -2.48. The summed E-state index contributed by atoms with van der Waals surface area (Å²) in [5, 5.41) is 32.8. The minimum atomic E-state index is -5.06. The van der Waals surface area contributed by atoms with Crippen LogP contribution in [0, 0.1) is 5.92 Å². The summed E-state index contributed by atoms with van der Waals surface area (Å²) in [5.41, 5.74) is 3.21. The minimum Gasteiger partial charge on any atom is -0.508 e. The third-order valence-electron chi connectivity index (χ3n) is 8.86. The number of hydrogen-bond acceptors (Lipinski definition) is 8. The second-order valence-electron chi connectivity index (χ2n) is 12.4. The van der Waals surface area contributed by atoms with Crippen LogP contribution in [0.25, 0.3) is 0 Å². The topological polar surface area (TPSA) is 132 Å². The monoisotopic (exact) mass is 671 g/mol. The highest BCUT2D eigenvalue weighted by Gasteiger charge is 2.47. The first-order chi connectivity index (χ1) is 22.8. The van der Waals surface area contributed by atoms with Crippen molar-refractivity contribution in [2.24, 2.45) is 5.92 Å². The molecule has 6 atom stereocenters. The molecule has 258 valence electrons. The van der Waals surface area contributed by atoms with Crippen molar-refractivity contribution in [1.82, 2.24) is 9.80 Å². The van der Waals surface area contributed by atoms with E-state index >= 15 is 0 Å². The van der Waals surface area contributed by atoms with Crippen LogP contribution in [-0.4, -0.2) is 81.9 Å². The van der Waals surface area contributed by atoms with Crippen LogP contribution in [0.4, 0.5) is 18.9 Å². The molecule has 3 aromatic carbocycles. The van der Waals surface area contributed by atoms with Gasteiger partial charge in [0.1, 0.15) is 11.8 Å². The number of phenols is 1. The standard InChI is InChI=1S/C35H40F3N3O7/c1-21-30(19-40(2)18-29(44)25-5-3-6-27(43)17-25)47-33(48-31(21)23-10-8-22(20-42)9-11-23)24-12-14-26(15-13-24)39-32(45)28-7-4-16-41(28)34(46)35(36,37)38/h3,5-6,8-15,17,21,28-31,33,42-44H,4,7,16,18-20H2,1-2H3,(H,39,45)/t21-,28+,29-,30+,31+,33+/m1/s1. The Balaban J connectivity index is 1.30. The number of benzene rings is 3. The Morgan fingerprint density at radius 3 is 2.38 bits per heavy atom. The number of rotatable bonds is 10. The molecule has 0 aromatic heterocycles. The Bertz CT molecular complexity index is 1550. The molecule has 0 bridgehead atoms. The summed E-state index contributed by atoms with van der Waals surface area (Å²) >= 11 is 0. The van der Waals surface area contributed by atoms with Crippen LogP contribution in [0.1, 0.15) is 60.5 Å². The van der Waals surface area contributed by atoms with Crippen molar-refractivity contribution in [3.63, 3.8) is 0 Å². The van der Waals surface area contributed by atoms with Gasteiger partial charge in [-0.2, -0.15) is 13.2 Å². The zero-order valence-corrected chi connectivity index (χ0v) is 26.6. The largest absolute Gasteiger partial charge is 0.508 e. The molecule has 0 spiro atoms. The van der Waals surface area contributed by atoms with E-state index in [1.165, 1.54) is 12.1 Å². The highest BCUT2D eigenvalue weighted by molar-refractivity contribution is 5.98. The molecule has 0 aliphatic carbocycles. The van der Waals surface area contributed by atoms with E-state index in [1.54, 1.807) is 36.4 Å². The maximum Gasteiger partial charge on any atom is 0.471 e. The summed E-state index contributed by atoms with van der Waals surface area (Å²) in [6.07, 6.45) is -7.05. The van der Waals surface area contributed by atoms with E-state index in [4.69, 9.17) is 9.47 Å². The molecule has 3 aromatic rings. The number of hydrogen-bond donors (Lipinski definition) is 4. The molecule has 5 rings (SSSR count). The van der Waals surface area contributed by atoms with Crippen LogP contribution in [-0.2, 0) is 25.7 Å². The molecule has 2 fully saturated rings. The SMILES string of the molecule is C[C@@H]1[C@H](CN(C)C[C@@H](O)c2cccc(O)c2)O[C@H](c2ccc(NC(=O)[C@@H]3CCCN3C(=O)C(F)(F)F)cc2)O[C@@H]1c1ccc(CO)cc1. The van der Waals surface area contributed by atoms with Crippen LogP contribution in [0.2, 0.25) is 0 Å². The molecular weight excluding hydrogens is 631 g/mol. The summed E-state index contributed by atoms with van der Waals surface area (Å²) in [5.74, 6) is -2.78. The smallest absolute Gasteiger partial charge is 0.471 e. The number of nitrogens with zero attached hydrogens (tertiary/aromatic N) is 2. The van der Waals surface area contributed by atoms with Crippen molar-refractivity contribution in [3.8, 4) is 5.75 Å². The summed E-state index contributed by atoms with van der Waals surface area (Å²) in [6, 6.07) is 19.3. The van der Waals surface area contributed by atoms with Crippen molar-refractivity contribution < 1.29 is 47.6 Å². The fourth-order valence-electron chi connectivity index (χ4n) is 6.24. The van der Waals surface area contributed by atoms with E-state index in [0.29, 0.717) is 34.7 Å². The average Bonchev–Trinajstić information content (AvgIpc) is 3.55. The van der Waals surface area contributed by atoms with Crippen molar-refractivity contribution in [3.05, 3.63) is 95.1 Å². The number of anilines is 1. The molecule has 0 saturated carbocycles. The number of aliphatic hydroxyl groups excluding tert-OH is 2. The summed E-state index contributed by atoms with van der Waals surface area (Å²) in [4.78, 5) is 27.2. The third-order valence-corrected chi connectivity index (χ3v) is 8.86. The number of ether oxygens (including phenoxy) is 2. The number of aromatic hydroxyl groups is 1. The van der Waals surface area contributed by atoms with Gasteiger partial charge >= 0.3 is 12.1 Å². The minimum absolute atomic E-state index is 0.0659. The molecule has 4 N–H and O–H groups in total. The maximum atomic E-state index is 13.0. The Labute approximate surface area is 276 Å². The van der Waals surface area contributed by atoms with Gasteiger partial charge in [-0.1, -0.05) is 55.5 Å². The number of carbonyl (C=O) groups excluding carboxylic acids is 2. The zero-order chi connectivity index (χ0) is 34.6. The molecule has 2 aliphatic heterocycles. The van der Waals surface area contributed by atoms with Crippen LogP contribution in [0.15, 0.2) is 72.8 Å². The van der Waals surface area contributed by atoms with Gasteiger partial charge in [-0.25, -0.2) is 0 Å². The predicted molar refractivity (Wildman–Crippen MR) is 169 cm³/mol. The van der Waals surface area contributed by atoms with Gasteiger partial charge in [0.2, 0.25) is 5.91 Å². The Morgan fingerprint density at radius 2 is 1.73 bits per heavy atom. The summed E-state index contributed by atoms with van der Waals surface area (Å²) in [6.45, 7) is 2.49.